The fourth-order valence-corrected chi connectivity index (χ4v) is 5.23. The number of hydrogen-bond donors (Lipinski definition) is 2. The van der Waals surface area contributed by atoms with E-state index in [1.807, 2.05) is 51.1 Å². The number of rotatable bonds is 5. The van der Waals surface area contributed by atoms with Crippen LogP contribution in [0.4, 0.5) is 16.2 Å². The monoisotopic (exact) mass is 529 g/mol. The highest BCUT2D eigenvalue weighted by molar-refractivity contribution is 7.92. The van der Waals surface area contributed by atoms with Crippen LogP contribution >= 0.6 is 11.6 Å². The maximum absolute atomic E-state index is 12.7. The van der Waals surface area contributed by atoms with Crippen molar-refractivity contribution in [2.75, 3.05) is 29.5 Å². The topological polar surface area (TPSA) is 105 Å². The minimum Gasteiger partial charge on any atom is -0.496 e. The molecule has 4 rings (SSSR count). The molecule has 0 saturated carbocycles. The van der Waals surface area contributed by atoms with Gasteiger partial charge in [-0.1, -0.05) is 50.6 Å². The molecule has 1 heterocycles. The van der Waals surface area contributed by atoms with Gasteiger partial charge in [0.15, 0.2) is 0 Å². The average molecular weight is 530 g/mol. The van der Waals surface area contributed by atoms with Crippen molar-refractivity contribution in [3.05, 3.63) is 53.1 Å². The normalized spacial score (nSPS) is 14.7. The Balaban J connectivity index is 1.92. The van der Waals surface area contributed by atoms with Gasteiger partial charge in [0.25, 0.3) is 0 Å². The molecule has 3 aromatic carbocycles. The van der Waals surface area contributed by atoms with Crippen molar-refractivity contribution in [1.29, 1.82) is 0 Å². The van der Waals surface area contributed by atoms with E-state index in [9.17, 15) is 18.0 Å². The van der Waals surface area contributed by atoms with Gasteiger partial charge in [0.05, 0.1) is 24.1 Å². The molecule has 2 N–H and O–H groups in total. The lowest BCUT2D eigenvalue weighted by Gasteiger charge is -2.32. The zero-order chi connectivity index (χ0) is 26.4. The van der Waals surface area contributed by atoms with Gasteiger partial charge in [0.1, 0.15) is 5.75 Å². The molecule has 3 aromatic rings. The van der Waals surface area contributed by atoms with Crippen LogP contribution in [-0.2, 0) is 20.2 Å². The summed E-state index contributed by atoms with van der Waals surface area (Å²) in [5.74, 6) is 0.274. The van der Waals surface area contributed by atoms with E-state index in [2.05, 4.69) is 10.0 Å². The highest BCUT2D eigenvalue weighted by Gasteiger charge is 2.32. The van der Waals surface area contributed by atoms with E-state index in [1.165, 1.54) is 4.90 Å². The van der Waals surface area contributed by atoms with Crippen LogP contribution in [0.25, 0.3) is 21.9 Å². The molecule has 8 nitrogen and oxygen atoms in total. The second-order valence-corrected chi connectivity index (χ2v) is 11.9. The first-order valence-electron chi connectivity index (χ1n) is 11.3. The van der Waals surface area contributed by atoms with Gasteiger partial charge >= 0.3 is 6.03 Å². The third kappa shape index (κ3) is 5.12. The summed E-state index contributed by atoms with van der Waals surface area (Å²) in [5.41, 5.74) is 2.88. The van der Waals surface area contributed by atoms with Gasteiger partial charge in [0, 0.05) is 29.8 Å². The summed E-state index contributed by atoms with van der Waals surface area (Å²) in [7, 11) is -1.81. The Kier molecular flexibility index (Phi) is 6.66. The van der Waals surface area contributed by atoms with E-state index < -0.39 is 16.1 Å². The molecular formula is C26H28ClN3O5S. The Morgan fingerprint density at radius 1 is 1.06 bits per heavy atom. The minimum absolute atomic E-state index is 0.175. The van der Waals surface area contributed by atoms with Crippen molar-refractivity contribution < 1.29 is 22.7 Å². The van der Waals surface area contributed by atoms with Crippen LogP contribution < -0.4 is 19.7 Å². The van der Waals surface area contributed by atoms with Crippen LogP contribution in [0, 0.1) is 0 Å². The number of methoxy groups -OCH3 is 1. The van der Waals surface area contributed by atoms with Crippen LogP contribution in [0.3, 0.4) is 0 Å². The zero-order valence-corrected chi connectivity index (χ0v) is 22.3. The maximum Gasteiger partial charge on any atom is 0.328 e. The Labute approximate surface area is 215 Å². The lowest BCUT2D eigenvalue weighted by atomic mass is 9.83. The van der Waals surface area contributed by atoms with E-state index in [-0.39, 0.29) is 24.3 Å². The van der Waals surface area contributed by atoms with Gasteiger partial charge in [-0.3, -0.25) is 19.7 Å². The molecular weight excluding hydrogens is 502 g/mol. The van der Waals surface area contributed by atoms with Gasteiger partial charge < -0.3 is 4.74 Å². The molecule has 1 aliphatic heterocycles. The first-order chi connectivity index (χ1) is 16.8. The smallest absolute Gasteiger partial charge is 0.328 e. The predicted molar refractivity (Wildman–Crippen MR) is 144 cm³/mol. The quantitative estimate of drug-likeness (QED) is 0.467. The van der Waals surface area contributed by atoms with Gasteiger partial charge in [0.2, 0.25) is 15.9 Å². The number of fused-ring (bicyclic) bond motifs is 1. The number of ether oxygens (including phenoxy) is 1. The Morgan fingerprint density at radius 2 is 1.72 bits per heavy atom. The Morgan fingerprint density at radius 3 is 2.33 bits per heavy atom. The molecule has 0 atom stereocenters. The molecule has 0 spiro atoms. The number of nitrogens with one attached hydrogen (secondary N) is 2. The van der Waals surface area contributed by atoms with Gasteiger partial charge in [-0.2, -0.15) is 0 Å². The summed E-state index contributed by atoms with van der Waals surface area (Å²) in [6, 6.07) is 12.3. The number of urea groups is 1. The van der Waals surface area contributed by atoms with Gasteiger partial charge in [-0.15, -0.1) is 0 Å². The minimum atomic E-state index is -3.40. The number of sulfonamides is 1. The number of carbonyl (C=O) groups is 2. The fraction of sp³-hybridized carbons (Fsp3) is 0.308. The molecule has 36 heavy (non-hydrogen) atoms. The van der Waals surface area contributed by atoms with Crippen molar-refractivity contribution >= 4 is 55.7 Å². The van der Waals surface area contributed by atoms with E-state index in [4.69, 9.17) is 16.3 Å². The standard InChI is InChI=1S/C26H28ClN3O5S/c1-26(2,3)19-14-20(30-11-10-21(31)28-25(30)32)23(27)22(24(19)35-4)17-7-6-16-13-18(29-36(5,33)34)9-8-15(16)12-17/h6-9,12-14,29H,10-11H2,1-5H3,(H,28,31,32). The molecule has 1 fully saturated rings. The summed E-state index contributed by atoms with van der Waals surface area (Å²) in [5, 5.41) is 4.39. The molecule has 1 saturated heterocycles. The summed E-state index contributed by atoms with van der Waals surface area (Å²) >= 11 is 6.97. The van der Waals surface area contributed by atoms with Crippen LogP contribution in [0.1, 0.15) is 32.8 Å². The highest BCUT2D eigenvalue weighted by atomic mass is 35.5. The van der Waals surface area contributed by atoms with Crippen molar-refractivity contribution in [2.45, 2.75) is 32.6 Å². The molecule has 3 amide bonds. The van der Waals surface area contributed by atoms with Crippen molar-refractivity contribution in [1.82, 2.24) is 5.32 Å². The maximum atomic E-state index is 12.7. The second kappa shape index (κ2) is 9.29. The molecule has 0 aromatic heterocycles. The van der Waals surface area contributed by atoms with E-state index >= 15 is 0 Å². The molecule has 0 unspecified atom stereocenters. The third-order valence-electron chi connectivity index (χ3n) is 5.99. The summed E-state index contributed by atoms with van der Waals surface area (Å²) in [6.45, 7) is 6.35. The van der Waals surface area contributed by atoms with Crippen molar-refractivity contribution in [2.24, 2.45) is 0 Å². The predicted octanol–water partition coefficient (Wildman–Crippen LogP) is 5.28. The molecule has 10 heteroatoms. The summed E-state index contributed by atoms with van der Waals surface area (Å²) in [4.78, 5) is 25.9. The Hall–Kier alpha value is -3.30. The number of benzene rings is 3. The van der Waals surface area contributed by atoms with Gasteiger partial charge in [-0.25, -0.2) is 13.2 Å². The first-order valence-corrected chi connectivity index (χ1v) is 13.6. The molecule has 0 radical (unpaired) electrons. The molecule has 0 bridgehead atoms. The molecule has 1 aliphatic rings. The number of hydrogen-bond acceptors (Lipinski definition) is 5. The SMILES string of the molecule is COc1c(C(C)(C)C)cc(N2CCC(=O)NC2=O)c(Cl)c1-c1ccc2cc(NS(C)(=O)=O)ccc2c1. The van der Waals surface area contributed by atoms with E-state index in [0.717, 1.165) is 28.2 Å². The van der Waals surface area contributed by atoms with Crippen LogP contribution in [0.15, 0.2) is 42.5 Å². The number of carbonyl (C=O) groups excluding carboxylic acids is 2. The van der Waals surface area contributed by atoms with Crippen LogP contribution in [0.2, 0.25) is 5.02 Å². The van der Waals surface area contributed by atoms with Crippen LogP contribution in [0.5, 0.6) is 5.75 Å². The number of halogens is 1. The largest absolute Gasteiger partial charge is 0.496 e. The average Bonchev–Trinajstić information content (AvgIpc) is 2.77. The third-order valence-corrected chi connectivity index (χ3v) is 6.98. The highest BCUT2D eigenvalue weighted by Crippen LogP contribution is 2.48. The second-order valence-electron chi connectivity index (χ2n) is 9.82. The molecule has 190 valence electrons. The Bertz CT molecular complexity index is 1500. The number of nitrogens with zero attached hydrogens (tertiary/aromatic N) is 1. The van der Waals surface area contributed by atoms with Gasteiger partial charge in [-0.05, 0) is 46.0 Å². The number of amides is 3. The summed E-state index contributed by atoms with van der Waals surface area (Å²) in [6.07, 6.45) is 1.28. The zero-order valence-electron chi connectivity index (χ0n) is 20.7. The fourth-order valence-electron chi connectivity index (χ4n) is 4.32. The van der Waals surface area contributed by atoms with E-state index in [1.54, 1.807) is 19.2 Å². The lowest BCUT2D eigenvalue weighted by molar-refractivity contribution is -0.120. The van der Waals surface area contributed by atoms with E-state index in [0.29, 0.717) is 27.7 Å². The molecule has 0 aliphatic carbocycles. The first kappa shape index (κ1) is 25.8. The van der Waals surface area contributed by atoms with Crippen molar-refractivity contribution in [3.63, 3.8) is 0 Å². The summed E-state index contributed by atoms with van der Waals surface area (Å²) < 4.78 is 31.6. The van der Waals surface area contributed by atoms with Crippen molar-refractivity contribution in [3.8, 4) is 16.9 Å². The van der Waals surface area contributed by atoms with Crippen LogP contribution in [-0.4, -0.2) is 40.3 Å². The number of anilines is 2. The number of imide groups is 1. The lowest BCUT2D eigenvalue weighted by Crippen LogP contribution is -2.49.